The molecular weight excluding hydrogens is 357 g/mol. The minimum Gasteiger partial charge on any atom is -0.481 e. The first-order chi connectivity index (χ1) is 13.5. The van der Waals surface area contributed by atoms with Crippen LogP contribution in [0.15, 0.2) is 48.5 Å². The molecule has 4 nitrogen and oxygen atoms in total. The van der Waals surface area contributed by atoms with Gasteiger partial charge in [0.1, 0.15) is 5.82 Å². The van der Waals surface area contributed by atoms with E-state index < -0.39 is 23.8 Å². The van der Waals surface area contributed by atoms with Crippen molar-refractivity contribution in [1.29, 1.82) is 0 Å². The highest BCUT2D eigenvalue weighted by Crippen LogP contribution is 2.42. The SMILES string of the molecule is O=C(O)[C@H]1CCC[C@H]1C(=O)N[C@@H](c1ccccc1)c1ccc(C2CC2)c(F)c1. The molecule has 2 N–H and O–H groups in total. The van der Waals surface area contributed by atoms with Crippen molar-refractivity contribution < 1.29 is 19.1 Å². The van der Waals surface area contributed by atoms with Crippen LogP contribution in [-0.2, 0) is 9.59 Å². The van der Waals surface area contributed by atoms with Crippen molar-refractivity contribution in [1.82, 2.24) is 5.32 Å². The summed E-state index contributed by atoms with van der Waals surface area (Å²) in [4.78, 5) is 24.4. The number of nitrogens with one attached hydrogen (secondary N) is 1. The number of benzene rings is 2. The average Bonchev–Trinajstić information content (AvgIpc) is 3.40. The zero-order chi connectivity index (χ0) is 19.7. The summed E-state index contributed by atoms with van der Waals surface area (Å²) in [5.41, 5.74) is 2.26. The number of carboxylic acids is 1. The highest BCUT2D eigenvalue weighted by molar-refractivity contribution is 5.85. The molecule has 2 saturated carbocycles. The Bertz CT molecular complexity index is 879. The van der Waals surface area contributed by atoms with E-state index in [9.17, 15) is 19.1 Å². The summed E-state index contributed by atoms with van der Waals surface area (Å²) in [7, 11) is 0. The number of hydrogen-bond donors (Lipinski definition) is 2. The standard InChI is InChI=1S/C23H24FNO3/c24-20-13-16(11-12-17(20)14-9-10-14)21(15-5-2-1-3-6-15)25-22(26)18-7-4-8-19(18)23(27)28/h1-3,5-6,11-14,18-19,21H,4,7-10H2,(H,25,26)(H,27,28)/t18-,19+,21+/m1/s1. The summed E-state index contributed by atoms with van der Waals surface area (Å²) in [5.74, 6) is -2.31. The summed E-state index contributed by atoms with van der Waals surface area (Å²) < 4.78 is 14.6. The Morgan fingerprint density at radius 1 is 0.964 bits per heavy atom. The van der Waals surface area contributed by atoms with Gasteiger partial charge in [-0.05, 0) is 54.4 Å². The van der Waals surface area contributed by atoms with Crippen LogP contribution in [0.2, 0.25) is 0 Å². The van der Waals surface area contributed by atoms with Gasteiger partial charge in [-0.2, -0.15) is 0 Å². The largest absolute Gasteiger partial charge is 0.481 e. The van der Waals surface area contributed by atoms with Gasteiger partial charge in [-0.15, -0.1) is 0 Å². The van der Waals surface area contributed by atoms with Gasteiger partial charge in [0.25, 0.3) is 0 Å². The second-order valence-corrected chi connectivity index (χ2v) is 7.89. The van der Waals surface area contributed by atoms with Crippen LogP contribution in [-0.4, -0.2) is 17.0 Å². The Morgan fingerprint density at radius 2 is 1.68 bits per heavy atom. The number of carbonyl (C=O) groups excluding carboxylic acids is 1. The fourth-order valence-electron chi connectivity index (χ4n) is 4.27. The number of carboxylic acid groups (broad SMARTS) is 1. The number of rotatable bonds is 6. The highest BCUT2D eigenvalue weighted by atomic mass is 19.1. The van der Waals surface area contributed by atoms with E-state index in [0.29, 0.717) is 24.3 Å². The van der Waals surface area contributed by atoms with Crippen LogP contribution >= 0.6 is 0 Å². The summed E-state index contributed by atoms with van der Waals surface area (Å²) in [6.07, 6.45) is 3.87. The van der Waals surface area contributed by atoms with Crippen LogP contribution in [0.25, 0.3) is 0 Å². The molecule has 0 radical (unpaired) electrons. The fraction of sp³-hybridized carbons (Fsp3) is 0.391. The zero-order valence-electron chi connectivity index (χ0n) is 15.6. The van der Waals surface area contributed by atoms with Gasteiger partial charge in [-0.1, -0.05) is 48.9 Å². The van der Waals surface area contributed by atoms with E-state index in [1.807, 2.05) is 42.5 Å². The Morgan fingerprint density at radius 3 is 2.32 bits per heavy atom. The van der Waals surface area contributed by atoms with Crippen LogP contribution < -0.4 is 5.32 Å². The van der Waals surface area contributed by atoms with Gasteiger partial charge in [0.15, 0.2) is 0 Å². The van der Waals surface area contributed by atoms with Crippen LogP contribution in [0.4, 0.5) is 4.39 Å². The number of halogens is 1. The van der Waals surface area contributed by atoms with Crippen molar-refractivity contribution in [3.63, 3.8) is 0 Å². The molecule has 2 fully saturated rings. The van der Waals surface area contributed by atoms with Crippen molar-refractivity contribution >= 4 is 11.9 Å². The normalized spacial score (nSPS) is 22.6. The first kappa shape index (κ1) is 18.7. The molecule has 2 aromatic rings. The van der Waals surface area contributed by atoms with Crippen molar-refractivity contribution in [3.8, 4) is 0 Å². The lowest BCUT2D eigenvalue weighted by molar-refractivity contribution is -0.146. The van der Waals surface area contributed by atoms with Gasteiger partial charge < -0.3 is 10.4 Å². The quantitative estimate of drug-likeness (QED) is 0.779. The van der Waals surface area contributed by atoms with Gasteiger partial charge in [0, 0.05) is 0 Å². The molecule has 2 aliphatic carbocycles. The molecule has 0 aromatic heterocycles. The molecule has 0 saturated heterocycles. The Kier molecular flexibility index (Phi) is 5.16. The maximum absolute atomic E-state index is 14.6. The molecule has 28 heavy (non-hydrogen) atoms. The average molecular weight is 381 g/mol. The molecule has 4 rings (SSSR count). The molecule has 146 valence electrons. The third kappa shape index (κ3) is 3.79. The molecule has 0 unspecified atom stereocenters. The van der Waals surface area contributed by atoms with Gasteiger partial charge in [-0.25, -0.2) is 4.39 Å². The lowest BCUT2D eigenvalue weighted by Crippen LogP contribution is -2.38. The van der Waals surface area contributed by atoms with E-state index >= 15 is 0 Å². The van der Waals surface area contributed by atoms with Crippen molar-refractivity contribution in [3.05, 3.63) is 71.0 Å². The van der Waals surface area contributed by atoms with Gasteiger partial charge in [-0.3, -0.25) is 9.59 Å². The molecule has 0 bridgehead atoms. The highest BCUT2D eigenvalue weighted by Gasteiger charge is 2.38. The molecule has 0 spiro atoms. The van der Waals surface area contributed by atoms with Crippen LogP contribution in [0.1, 0.15) is 60.8 Å². The van der Waals surface area contributed by atoms with E-state index in [0.717, 1.165) is 30.4 Å². The second kappa shape index (κ2) is 7.74. The molecule has 2 aromatic carbocycles. The first-order valence-corrected chi connectivity index (χ1v) is 9.92. The summed E-state index contributed by atoms with van der Waals surface area (Å²) in [5, 5.41) is 12.4. The van der Waals surface area contributed by atoms with Crippen LogP contribution in [0.5, 0.6) is 0 Å². The monoisotopic (exact) mass is 381 g/mol. The third-order valence-corrected chi connectivity index (χ3v) is 5.96. The second-order valence-electron chi connectivity index (χ2n) is 7.89. The van der Waals surface area contributed by atoms with Gasteiger partial charge in [0.05, 0.1) is 17.9 Å². The predicted octanol–water partition coefficient (Wildman–Crippen LogP) is 4.41. The van der Waals surface area contributed by atoms with Crippen LogP contribution in [0.3, 0.4) is 0 Å². The molecular formula is C23H24FNO3. The Labute approximate surface area is 163 Å². The molecule has 2 aliphatic rings. The van der Waals surface area contributed by atoms with Gasteiger partial charge in [0.2, 0.25) is 5.91 Å². The Hall–Kier alpha value is -2.69. The van der Waals surface area contributed by atoms with E-state index in [4.69, 9.17) is 0 Å². The van der Waals surface area contributed by atoms with Crippen molar-refractivity contribution in [2.24, 2.45) is 11.8 Å². The lowest BCUT2D eigenvalue weighted by atomic mass is 9.92. The first-order valence-electron chi connectivity index (χ1n) is 9.92. The maximum atomic E-state index is 14.6. The Balaban J connectivity index is 1.62. The minimum absolute atomic E-state index is 0.237. The lowest BCUT2D eigenvalue weighted by Gasteiger charge is -2.24. The van der Waals surface area contributed by atoms with Crippen LogP contribution in [0, 0.1) is 17.7 Å². The number of aliphatic carboxylic acids is 1. The van der Waals surface area contributed by atoms with Gasteiger partial charge >= 0.3 is 5.97 Å². The smallest absolute Gasteiger partial charge is 0.307 e. The summed E-state index contributed by atoms with van der Waals surface area (Å²) in [6.45, 7) is 0. The van der Waals surface area contributed by atoms with E-state index in [1.54, 1.807) is 0 Å². The summed E-state index contributed by atoms with van der Waals surface area (Å²) in [6, 6.07) is 14.1. The molecule has 5 heteroatoms. The van der Waals surface area contributed by atoms with E-state index in [-0.39, 0.29) is 11.7 Å². The minimum atomic E-state index is -0.922. The zero-order valence-corrected chi connectivity index (χ0v) is 15.6. The van der Waals surface area contributed by atoms with Crippen molar-refractivity contribution in [2.45, 2.75) is 44.1 Å². The number of amides is 1. The predicted molar refractivity (Wildman–Crippen MR) is 103 cm³/mol. The fourth-order valence-corrected chi connectivity index (χ4v) is 4.27. The topological polar surface area (TPSA) is 66.4 Å². The molecule has 0 aliphatic heterocycles. The van der Waals surface area contributed by atoms with Crippen molar-refractivity contribution in [2.75, 3.05) is 0 Å². The maximum Gasteiger partial charge on any atom is 0.307 e. The van der Waals surface area contributed by atoms with E-state index in [1.165, 1.54) is 6.07 Å². The third-order valence-electron chi connectivity index (χ3n) is 5.96. The number of hydrogen-bond acceptors (Lipinski definition) is 2. The molecule has 0 heterocycles. The molecule has 1 amide bonds. The summed E-state index contributed by atoms with van der Waals surface area (Å²) >= 11 is 0. The molecule has 3 atom stereocenters. The van der Waals surface area contributed by atoms with E-state index in [2.05, 4.69) is 5.32 Å². The number of carbonyl (C=O) groups is 2.